The van der Waals surface area contributed by atoms with Crippen LogP contribution in [-0.2, 0) is 10.0 Å². The Bertz CT molecular complexity index is 1150. The van der Waals surface area contributed by atoms with Crippen molar-refractivity contribution in [2.45, 2.75) is 69.4 Å². The molecule has 0 radical (unpaired) electrons. The lowest BCUT2D eigenvalue weighted by molar-refractivity contribution is 0.393. The summed E-state index contributed by atoms with van der Waals surface area (Å²) >= 11 is 0. The Labute approximate surface area is 169 Å². The molecule has 1 aromatic carbocycles. The standard InChI is InChI=1S/C20H25N5O3S/c1-11-18(12(2)28-24-11)13-9-16-19(23-20(22-16)21-14-7-8-14)17(10-13)29(26,27)25-15-5-3-4-6-15/h9-10,14-15,25H,3-8H2,1-2H3,(H2,21,22,23). The number of fused-ring (bicyclic) bond motifs is 1. The van der Waals surface area contributed by atoms with Crippen LogP contribution >= 0.6 is 0 Å². The van der Waals surface area contributed by atoms with Crippen LogP contribution in [-0.4, -0.2) is 35.6 Å². The zero-order valence-electron chi connectivity index (χ0n) is 16.6. The van der Waals surface area contributed by atoms with E-state index in [-0.39, 0.29) is 10.9 Å². The third-order valence-corrected chi connectivity index (χ3v) is 7.29. The minimum atomic E-state index is -3.72. The van der Waals surface area contributed by atoms with Crippen molar-refractivity contribution in [2.24, 2.45) is 0 Å². The van der Waals surface area contributed by atoms with Gasteiger partial charge in [0.15, 0.2) is 0 Å². The van der Waals surface area contributed by atoms with Gasteiger partial charge in [-0.25, -0.2) is 18.1 Å². The molecule has 2 aromatic heterocycles. The predicted octanol–water partition coefficient (Wildman–Crippen LogP) is 3.63. The number of H-pyrrole nitrogens is 1. The van der Waals surface area contributed by atoms with Crippen molar-refractivity contribution in [2.75, 3.05) is 5.32 Å². The molecule has 3 N–H and O–H groups in total. The van der Waals surface area contributed by atoms with Gasteiger partial charge in [0.2, 0.25) is 16.0 Å². The summed E-state index contributed by atoms with van der Waals surface area (Å²) in [5.74, 6) is 1.26. The van der Waals surface area contributed by atoms with Crippen molar-refractivity contribution in [1.29, 1.82) is 0 Å². The van der Waals surface area contributed by atoms with Crippen LogP contribution in [0.5, 0.6) is 0 Å². The molecule has 2 fully saturated rings. The number of aryl methyl sites for hydroxylation is 2. The molecule has 9 heteroatoms. The summed E-state index contributed by atoms with van der Waals surface area (Å²) < 4.78 is 34.8. The van der Waals surface area contributed by atoms with Crippen molar-refractivity contribution >= 4 is 27.0 Å². The van der Waals surface area contributed by atoms with E-state index in [1.54, 1.807) is 6.07 Å². The average molecular weight is 416 g/mol. The number of hydrogen-bond acceptors (Lipinski definition) is 6. The summed E-state index contributed by atoms with van der Waals surface area (Å²) in [5.41, 5.74) is 3.43. The van der Waals surface area contributed by atoms with Gasteiger partial charge in [0, 0.05) is 17.6 Å². The Kier molecular flexibility index (Phi) is 4.40. The number of nitrogens with zero attached hydrogens (tertiary/aromatic N) is 2. The van der Waals surface area contributed by atoms with E-state index in [1.807, 2.05) is 19.9 Å². The SMILES string of the molecule is Cc1noc(C)c1-c1cc(S(=O)(=O)NC2CCCC2)c2nc(NC3CC3)[nH]c2c1. The Hall–Kier alpha value is -2.39. The van der Waals surface area contributed by atoms with Crippen molar-refractivity contribution in [3.05, 3.63) is 23.6 Å². The molecular weight excluding hydrogens is 390 g/mol. The first kappa shape index (κ1) is 18.6. The second-order valence-electron chi connectivity index (χ2n) is 8.18. The van der Waals surface area contributed by atoms with Gasteiger partial charge < -0.3 is 14.8 Å². The quantitative estimate of drug-likeness (QED) is 0.567. The van der Waals surface area contributed by atoms with Gasteiger partial charge in [-0.2, -0.15) is 0 Å². The van der Waals surface area contributed by atoms with Crippen LogP contribution in [0.25, 0.3) is 22.2 Å². The van der Waals surface area contributed by atoms with Gasteiger partial charge in [-0.3, -0.25) is 0 Å². The highest BCUT2D eigenvalue weighted by atomic mass is 32.2. The van der Waals surface area contributed by atoms with Crippen molar-refractivity contribution in [3.63, 3.8) is 0 Å². The number of rotatable bonds is 6. The van der Waals surface area contributed by atoms with Gasteiger partial charge in [0.05, 0.1) is 11.2 Å². The van der Waals surface area contributed by atoms with Gasteiger partial charge in [0.25, 0.3) is 0 Å². The van der Waals surface area contributed by atoms with Gasteiger partial charge in [0.1, 0.15) is 16.2 Å². The summed E-state index contributed by atoms with van der Waals surface area (Å²) in [6.07, 6.45) is 6.08. The lowest BCUT2D eigenvalue weighted by Gasteiger charge is -2.14. The van der Waals surface area contributed by atoms with Gasteiger partial charge in [-0.1, -0.05) is 18.0 Å². The molecule has 5 rings (SSSR count). The molecule has 154 valence electrons. The Morgan fingerprint density at radius 3 is 2.52 bits per heavy atom. The van der Waals surface area contributed by atoms with E-state index < -0.39 is 10.0 Å². The highest BCUT2D eigenvalue weighted by Crippen LogP contribution is 2.34. The Balaban J connectivity index is 1.65. The van der Waals surface area contributed by atoms with E-state index >= 15 is 0 Å². The van der Waals surface area contributed by atoms with Crippen LogP contribution in [0.3, 0.4) is 0 Å². The third-order valence-electron chi connectivity index (χ3n) is 5.76. The van der Waals surface area contributed by atoms with Crippen molar-refractivity contribution in [1.82, 2.24) is 19.8 Å². The van der Waals surface area contributed by atoms with E-state index in [0.29, 0.717) is 28.8 Å². The van der Waals surface area contributed by atoms with Crippen LogP contribution in [0.15, 0.2) is 21.6 Å². The number of aromatic nitrogens is 3. The van der Waals surface area contributed by atoms with E-state index in [1.165, 1.54) is 0 Å². The Morgan fingerprint density at radius 2 is 1.86 bits per heavy atom. The number of benzene rings is 1. The van der Waals surface area contributed by atoms with Crippen LogP contribution < -0.4 is 10.0 Å². The second-order valence-corrected chi connectivity index (χ2v) is 9.86. The minimum Gasteiger partial charge on any atom is -0.361 e. The van der Waals surface area contributed by atoms with Crippen molar-refractivity contribution < 1.29 is 12.9 Å². The largest absolute Gasteiger partial charge is 0.361 e. The van der Waals surface area contributed by atoms with Crippen LogP contribution in [0.4, 0.5) is 5.95 Å². The molecule has 0 spiro atoms. The molecule has 29 heavy (non-hydrogen) atoms. The van der Waals surface area contributed by atoms with Crippen LogP contribution in [0, 0.1) is 13.8 Å². The van der Waals surface area contributed by atoms with E-state index in [9.17, 15) is 8.42 Å². The van der Waals surface area contributed by atoms with Gasteiger partial charge >= 0.3 is 0 Å². The summed E-state index contributed by atoms with van der Waals surface area (Å²) in [6, 6.07) is 4.00. The molecule has 3 aromatic rings. The Morgan fingerprint density at radius 1 is 1.10 bits per heavy atom. The molecule has 0 saturated heterocycles. The molecule has 0 unspecified atom stereocenters. The maximum Gasteiger partial charge on any atom is 0.243 e. The molecule has 0 aliphatic heterocycles. The predicted molar refractivity (Wildman–Crippen MR) is 110 cm³/mol. The molecule has 2 aliphatic carbocycles. The fourth-order valence-corrected chi connectivity index (χ4v) is 5.64. The van der Waals surface area contributed by atoms with E-state index in [4.69, 9.17) is 4.52 Å². The molecule has 8 nitrogen and oxygen atoms in total. The molecule has 2 aliphatic rings. The van der Waals surface area contributed by atoms with Gasteiger partial charge in [-0.15, -0.1) is 0 Å². The fourth-order valence-electron chi connectivity index (χ4n) is 4.15. The summed E-state index contributed by atoms with van der Waals surface area (Å²) in [7, 11) is -3.72. The highest BCUT2D eigenvalue weighted by molar-refractivity contribution is 7.89. The van der Waals surface area contributed by atoms with Crippen LogP contribution in [0.1, 0.15) is 50.0 Å². The first-order chi connectivity index (χ1) is 13.9. The molecule has 0 atom stereocenters. The lowest BCUT2D eigenvalue weighted by atomic mass is 10.0. The molecule has 0 amide bonds. The fraction of sp³-hybridized carbons (Fsp3) is 0.500. The first-order valence-electron chi connectivity index (χ1n) is 10.2. The number of aromatic amines is 1. The second kappa shape index (κ2) is 6.84. The molecule has 0 bridgehead atoms. The first-order valence-corrected chi connectivity index (χ1v) is 11.6. The molecule has 2 heterocycles. The monoisotopic (exact) mass is 415 g/mol. The average Bonchev–Trinajstić information content (AvgIpc) is 3.02. The number of nitrogens with one attached hydrogen (secondary N) is 3. The maximum atomic E-state index is 13.3. The number of hydrogen-bond donors (Lipinski definition) is 3. The van der Waals surface area contributed by atoms with E-state index in [0.717, 1.165) is 55.3 Å². The maximum absolute atomic E-state index is 13.3. The van der Waals surface area contributed by atoms with Crippen molar-refractivity contribution in [3.8, 4) is 11.1 Å². The highest BCUT2D eigenvalue weighted by Gasteiger charge is 2.28. The van der Waals surface area contributed by atoms with E-state index in [2.05, 4.69) is 25.2 Å². The molecular formula is C20H25N5O3S. The normalized spacial score (nSPS) is 18.0. The lowest BCUT2D eigenvalue weighted by Crippen LogP contribution is -2.32. The number of sulfonamides is 1. The summed E-state index contributed by atoms with van der Waals surface area (Å²) in [6.45, 7) is 3.69. The number of imidazole rings is 1. The smallest absolute Gasteiger partial charge is 0.243 e. The van der Waals surface area contributed by atoms with Crippen LogP contribution in [0.2, 0.25) is 0 Å². The minimum absolute atomic E-state index is 0.0132. The summed E-state index contributed by atoms with van der Waals surface area (Å²) in [5, 5.41) is 7.34. The third kappa shape index (κ3) is 3.53. The topological polar surface area (TPSA) is 113 Å². The van der Waals surface area contributed by atoms with Gasteiger partial charge in [-0.05, 0) is 57.2 Å². The molecule has 2 saturated carbocycles. The zero-order chi connectivity index (χ0) is 20.2. The summed E-state index contributed by atoms with van der Waals surface area (Å²) in [4.78, 5) is 8.02. The number of anilines is 1. The zero-order valence-corrected chi connectivity index (χ0v) is 17.4.